The summed E-state index contributed by atoms with van der Waals surface area (Å²) in [5.41, 5.74) is 2.21. The molecular formula is C12H16N4O2. The van der Waals surface area contributed by atoms with Crippen molar-refractivity contribution in [2.24, 2.45) is 0 Å². The largest absolute Gasteiger partial charge is 0.464 e. The Kier molecular flexibility index (Phi) is 2.87. The second-order valence-corrected chi connectivity index (χ2v) is 4.66. The van der Waals surface area contributed by atoms with Gasteiger partial charge in [0.1, 0.15) is 0 Å². The van der Waals surface area contributed by atoms with E-state index < -0.39 is 5.97 Å². The molecule has 18 heavy (non-hydrogen) atoms. The van der Waals surface area contributed by atoms with E-state index in [9.17, 15) is 4.79 Å². The number of aromatic nitrogens is 2. The summed E-state index contributed by atoms with van der Waals surface area (Å²) in [7, 11) is 1.38. The van der Waals surface area contributed by atoms with Crippen LogP contribution in [0.25, 0.3) is 0 Å². The lowest BCUT2D eigenvalue weighted by Gasteiger charge is -2.19. The maximum Gasteiger partial charge on any atom is 0.357 e. The first-order valence-electron chi connectivity index (χ1n) is 6.23. The van der Waals surface area contributed by atoms with Gasteiger partial charge in [-0.15, -0.1) is 0 Å². The molecule has 0 saturated heterocycles. The molecule has 1 aromatic heterocycles. The van der Waals surface area contributed by atoms with E-state index in [-0.39, 0.29) is 0 Å². The molecule has 3 rings (SSSR count). The summed E-state index contributed by atoms with van der Waals surface area (Å²) in [5.74, 6) is 0.162. The Labute approximate surface area is 105 Å². The Balaban J connectivity index is 1.99. The van der Waals surface area contributed by atoms with E-state index in [2.05, 4.69) is 20.6 Å². The molecule has 0 radical (unpaired) electrons. The molecule has 0 spiro atoms. The minimum absolute atomic E-state index is 0.387. The average molecular weight is 248 g/mol. The third-order valence-electron chi connectivity index (χ3n) is 3.22. The summed E-state index contributed by atoms with van der Waals surface area (Å²) >= 11 is 0. The average Bonchev–Trinajstić information content (AvgIpc) is 3.21. The van der Waals surface area contributed by atoms with Gasteiger partial charge in [-0.2, -0.15) is 0 Å². The standard InChI is InChI=1S/C12H16N4O2/c1-18-11(17)10-8-6-13-5-4-9(8)15-12(16-10)14-7-2-3-7/h7,13H,2-6H2,1H3,(H,14,15,16). The first-order valence-corrected chi connectivity index (χ1v) is 6.23. The lowest BCUT2D eigenvalue weighted by atomic mass is 10.1. The van der Waals surface area contributed by atoms with Crippen LogP contribution in [0.4, 0.5) is 5.95 Å². The van der Waals surface area contributed by atoms with E-state index in [4.69, 9.17) is 4.74 Å². The smallest absolute Gasteiger partial charge is 0.357 e. The number of methoxy groups -OCH3 is 1. The van der Waals surface area contributed by atoms with E-state index in [0.717, 1.165) is 37.1 Å². The maximum atomic E-state index is 11.8. The minimum Gasteiger partial charge on any atom is -0.464 e. The Morgan fingerprint density at radius 1 is 1.44 bits per heavy atom. The Bertz CT molecular complexity index is 485. The van der Waals surface area contributed by atoms with Crippen LogP contribution >= 0.6 is 0 Å². The molecule has 1 saturated carbocycles. The second kappa shape index (κ2) is 4.53. The van der Waals surface area contributed by atoms with Crippen molar-refractivity contribution < 1.29 is 9.53 Å². The predicted molar refractivity (Wildman–Crippen MR) is 65.4 cm³/mol. The summed E-state index contributed by atoms with van der Waals surface area (Å²) in [6.07, 6.45) is 3.12. The zero-order valence-electron chi connectivity index (χ0n) is 10.3. The Morgan fingerprint density at radius 2 is 2.28 bits per heavy atom. The number of hydrogen-bond donors (Lipinski definition) is 2. The molecule has 6 heteroatoms. The van der Waals surface area contributed by atoms with Crippen molar-refractivity contribution in [2.75, 3.05) is 19.0 Å². The quantitative estimate of drug-likeness (QED) is 0.758. The van der Waals surface area contributed by atoms with Crippen molar-refractivity contribution in [3.63, 3.8) is 0 Å². The summed E-state index contributed by atoms with van der Waals surface area (Å²) in [6.45, 7) is 1.51. The van der Waals surface area contributed by atoms with Gasteiger partial charge < -0.3 is 15.4 Å². The van der Waals surface area contributed by atoms with Crippen molar-refractivity contribution in [2.45, 2.75) is 31.8 Å². The topological polar surface area (TPSA) is 76.1 Å². The number of carbonyl (C=O) groups excluding carboxylic acids is 1. The van der Waals surface area contributed by atoms with Crippen LogP contribution in [0.3, 0.4) is 0 Å². The zero-order valence-corrected chi connectivity index (χ0v) is 10.3. The van der Waals surface area contributed by atoms with Crippen molar-refractivity contribution in [1.29, 1.82) is 0 Å². The molecule has 0 bridgehead atoms. The molecule has 1 fully saturated rings. The molecule has 0 amide bonds. The monoisotopic (exact) mass is 248 g/mol. The molecule has 6 nitrogen and oxygen atoms in total. The van der Waals surface area contributed by atoms with Gasteiger partial charge in [-0.1, -0.05) is 0 Å². The van der Waals surface area contributed by atoms with Gasteiger partial charge >= 0.3 is 5.97 Å². The number of ether oxygens (including phenoxy) is 1. The van der Waals surface area contributed by atoms with Crippen LogP contribution < -0.4 is 10.6 Å². The zero-order chi connectivity index (χ0) is 12.5. The molecule has 0 unspecified atom stereocenters. The highest BCUT2D eigenvalue weighted by Gasteiger charge is 2.26. The number of anilines is 1. The molecule has 2 N–H and O–H groups in total. The number of nitrogens with zero attached hydrogens (tertiary/aromatic N) is 2. The highest BCUT2D eigenvalue weighted by molar-refractivity contribution is 5.89. The van der Waals surface area contributed by atoms with Gasteiger partial charge in [-0.05, 0) is 12.8 Å². The normalized spacial score (nSPS) is 18.1. The minimum atomic E-state index is -0.392. The Hall–Kier alpha value is -1.69. The van der Waals surface area contributed by atoms with Gasteiger partial charge in [0.25, 0.3) is 0 Å². The molecule has 2 heterocycles. The molecule has 1 aliphatic carbocycles. The fraction of sp³-hybridized carbons (Fsp3) is 0.583. The van der Waals surface area contributed by atoms with E-state index >= 15 is 0 Å². The number of rotatable bonds is 3. The lowest BCUT2D eigenvalue weighted by molar-refractivity contribution is 0.0592. The van der Waals surface area contributed by atoms with E-state index in [0.29, 0.717) is 24.2 Å². The maximum absolute atomic E-state index is 11.8. The van der Waals surface area contributed by atoms with Gasteiger partial charge in [0, 0.05) is 31.1 Å². The molecule has 96 valence electrons. The highest BCUT2D eigenvalue weighted by Crippen LogP contribution is 2.25. The fourth-order valence-electron chi connectivity index (χ4n) is 2.08. The van der Waals surface area contributed by atoms with Crippen molar-refractivity contribution in [3.05, 3.63) is 17.0 Å². The number of carbonyl (C=O) groups is 1. The predicted octanol–water partition coefficient (Wildman–Crippen LogP) is 0.483. The summed E-state index contributed by atoms with van der Waals surface area (Å²) < 4.78 is 4.79. The summed E-state index contributed by atoms with van der Waals surface area (Å²) in [5, 5.41) is 6.46. The van der Waals surface area contributed by atoms with Crippen LogP contribution in [0.2, 0.25) is 0 Å². The van der Waals surface area contributed by atoms with Crippen molar-refractivity contribution in [3.8, 4) is 0 Å². The van der Waals surface area contributed by atoms with E-state index in [1.54, 1.807) is 0 Å². The van der Waals surface area contributed by atoms with Crippen LogP contribution in [0.5, 0.6) is 0 Å². The van der Waals surface area contributed by atoms with Crippen molar-refractivity contribution >= 4 is 11.9 Å². The molecule has 1 aromatic rings. The molecule has 0 atom stereocenters. The molecule has 0 aromatic carbocycles. The van der Waals surface area contributed by atoms with Crippen LogP contribution in [0.1, 0.15) is 34.6 Å². The number of nitrogens with one attached hydrogen (secondary N) is 2. The van der Waals surface area contributed by atoms with E-state index in [1.165, 1.54) is 7.11 Å². The van der Waals surface area contributed by atoms with Crippen LogP contribution in [0.15, 0.2) is 0 Å². The molecule has 1 aliphatic heterocycles. The SMILES string of the molecule is COC(=O)c1nc(NC2CC2)nc2c1CNCC2. The number of fused-ring (bicyclic) bond motifs is 1. The van der Waals surface area contributed by atoms with Gasteiger partial charge in [0.2, 0.25) is 5.95 Å². The number of hydrogen-bond acceptors (Lipinski definition) is 6. The first-order chi connectivity index (χ1) is 8.78. The van der Waals surface area contributed by atoms with Crippen LogP contribution in [-0.2, 0) is 17.7 Å². The molecule has 2 aliphatic rings. The highest BCUT2D eigenvalue weighted by atomic mass is 16.5. The van der Waals surface area contributed by atoms with Gasteiger partial charge in [-0.25, -0.2) is 14.8 Å². The Morgan fingerprint density at radius 3 is 3.00 bits per heavy atom. The second-order valence-electron chi connectivity index (χ2n) is 4.66. The summed E-state index contributed by atoms with van der Waals surface area (Å²) in [6, 6.07) is 0.468. The van der Waals surface area contributed by atoms with Gasteiger partial charge in [0.15, 0.2) is 5.69 Å². The van der Waals surface area contributed by atoms with Crippen LogP contribution in [0, 0.1) is 0 Å². The fourth-order valence-corrected chi connectivity index (χ4v) is 2.08. The third-order valence-corrected chi connectivity index (χ3v) is 3.22. The lowest BCUT2D eigenvalue weighted by Crippen LogP contribution is -2.28. The third kappa shape index (κ3) is 2.15. The van der Waals surface area contributed by atoms with Gasteiger partial charge in [0.05, 0.1) is 12.8 Å². The summed E-state index contributed by atoms with van der Waals surface area (Å²) in [4.78, 5) is 20.6. The number of esters is 1. The first kappa shape index (κ1) is 11.4. The van der Waals surface area contributed by atoms with Gasteiger partial charge in [-0.3, -0.25) is 0 Å². The molecular weight excluding hydrogens is 232 g/mol. The van der Waals surface area contributed by atoms with E-state index in [1.807, 2.05) is 0 Å². The van der Waals surface area contributed by atoms with Crippen molar-refractivity contribution in [1.82, 2.24) is 15.3 Å². The van der Waals surface area contributed by atoms with Crippen LogP contribution in [-0.4, -0.2) is 35.6 Å².